The molecule has 0 spiro atoms. The number of hydrogen-bond donors (Lipinski definition) is 0. The summed E-state index contributed by atoms with van der Waals surface area (Å²) < 4.78 is 0. The zero-order valence-corrected chi connectivity index (χ0v) is 16.5. The van der Waals surface area contributed by atoms with Gasteiger partial charge >= 0.3 is 0 Å². The molecule has 1 aliphatic carbocycles. The number of allylic oxidation sites excluding steroid dienone is 2. The molecule has 0 atom stereocenters. The summed E-state index contributed by atoms with van der Waals surface area (Å²) in [7, 11) is 0. The summed E-state index contributed by atoms with van der Waals surface area (Å²) in [5, 5.41) is 0. The van der Waals surface area contributed by atoms with Gasteiger partial charge in [-0.25, -0.2) is 9.97 Å². The SMILES string of the molecule is C=C/C=C/CCN1CCc2cnc(N3CCN(C4CCC4)CC3)nc2CC1. The van der Waals surface area contributed by atoms with E-state index in [1.807, 2.05) is 12.2 Å². The molecule has 2 aliphatic heterocycles. The first-order valence-electron chi connectivity index (χ1n) is 10.7. The molecular weight excluding hydrogens is 334 g/mol. The van der Waals surface area contributed by atoms with E-state index in [0.717, 1.165) is 77.1 Å². The lowest BCUT2D eigenvalue weighted by Crippen LogP contribution is -2.52. The molecule has 1 aromatic rings. The van der Waals surface area contributed by atoms with Crippen molar-refractivity contribution in [2.75, 3.05) is 50.7 Å². The number of aromatic nitrogens is 2. The van der Waals surface area contributed by atoms with E-state index in [2.05, 4.69) is 33.6 Å². The van der Waals surface area contributed by atoms with Crippen molar-refractivity contribution >= 4 is 5.95 Å². The number of fused-ring (bicyclic) bond motifs is 1. The molecule has 1 saturated carbocycles. The highest BCUT2D eigenvalue weighted by molar-refractivity contribution is 5.35. The zero-order valence-electron chi connectivity index (χ0n) is 16.5. The van der Waals surface area contributed by atoms with Gasteiger partial charge in [0.1, 0.15) is 0 Å². The van der Waals surface area contributed by atoms with Crippen LogP contribution in [0, 0.1) is 0 Å². The molecule has 4 rings (SSSR count). The molecule has 5 heteroatoms. The Labute approximate surface area is 163 Å². The van der Waals surface area contributed by atoms with Crippen LogP contribution in [0.4, 0.5) is 5.95 Å². The number of anilines is 1. The fraction of sp³-hybridized carbons (Fsp3) is 0.636. The summed E-state index contributed by atoms with van der Waals surface area (Å²) in [6.07, 6.45) is 15.6. The van der Waals surface area contributed by atoms with E-state index < -0.39 is 0 Å². The molecule has 0 unspecified atom stereocenters. The Kier molecular flexibility index (Phi) is 6.20. The topological polar surface area (TPSA) is 35.5 Å². The number of rotatable bonds is 6. The molecule has 0 amide bonds. The van der Waals surface area contributed by atoms with Gasteiger partial charge in [0.2, 0.25) is 5.95 Å². The van der Waals surface area contributed by atoms with Crippen LogP contribution in [-0.4, -0.2) is 71.6 Å². The van der Waals surface area contributed by atoms with Crippen LogP contribution < -0.4 is 4.90 Å². The minimum atomic E-state index is 0.854. The van der Waals surface area contributed by atoms with E-state index in [9.17, 15) is 0 Å². The van der Waals surface area contributed by atoms with Crippen LogP contribution >= 0.6 is 0 Å². The molecule has 0 N–H and O–H groups in total. The number of piperazine rings is 1. The van der Waals surface area contributed by atoms with Crippen molar-refractivity contribution in [3.05, 3.63) is 42.3 Å². The average molecular weight is 368 g/mol. The molecule has 3 heterocycles. The molecule has 0 bridgehead atoms. The predicted molar refractivity (Wildman–Crippen MR) is 111 cm³/mol. The van der Waals surface area contributed by atoms with Crippen molar-refractivity contribution in [2.45, 2.75) is 44.6 Å². The Morgan fingerprint density at radius 3 is 2.63 bits per heavy atom. The van der Waals surface area contributed by atoms with Crippen molar-refractivity contribution in [1.82, 2.24) is 19.8 Å². The average Bonchev–Trinajstić information content (AvgIpc) is 2.86. The van der Waals surface area contributed by atoms with Crippen molar-refractivity contribution in [3.63, 3.8) is 0 Å². The maximum absolute atomic E-state index is 4.99. The maximum Gasteiger partial charge on any atom is 0.225 e. The molecular formula is C22H33N5. The first-order chi connectivity index (χ1) is 13.3. The Bertz CT molecular complexity index is 659. The summed E-state index contributed by atoms with van der Waals surface area (Å²) >= 11 is 0. The van der Waals surface area contributed by atoms with Crippen molar-refractivity contribution in [2.24, 2.45) is 0 Å². The highest BCUT2D eigenvalue weighted by Crippen LogP contribution is 2.26. The maximum atomic E-state index is 4.99. The smallest absolute Gasteiger partial charge is 0.225 e. The van der Waals surface area contributed by atoms with Gasteiger partial charge in [0.15, 0.2) is 0 Å². The van der Waals surface area contributed by atoms with Crippen LogP contribution in [0.1, 0.15) is 36.9 Å². The Balaban J connectivity index is 1.32. The normalized spacial score (nSPS) is 22.4. The van der Waals surface area contributed by atoms with Crippen LogP contribution in [0.25, 0.3) is 0 Å². The van der Waals surface area contributed by atoms with Gasteiger partial charge < -0.3 is 9.80 Å². The third kappa shape index (κ3) is 4.58. The van der Waals surface area contributed by atoms with Crippen LogP contribution in [0.3, 0.4) is 0 Å². The fourth-order valence-electron chi connectivity index (χ4n) is 4.38. The summed E-state index contributed by atoms with van der Waals surface area (Å²) in [5.41, 5.74) is 2.61. The van der Waals surface area contributed by atoms with Gasteiger partial charge in [-0.1, -0.05) is 31.2 Å². The van der Waals surface area contributed by atoms with E-state index in [0.29, 0.717) is 0 Å². The largest absolute Gasteiger partial charge is 0.338 e. The molecule has 1 aromatic heterocycles. The second-order valence-electron chi connectivity index (χ2n) is 8.04. The molecule has 1 saturated heterocycles. The molecule has 27 heavy (non-hydrogen) atoms. The van der Waals surface area contributed by atoms with Crippen molar-refractivity contribution < 1.29 is 0 Å². The summed E-state index contributed by atoms with van der Waals surface area (Å²) in [6.45, 7) is 11.5. The van der Waals surface area contributed by atoms with E-state index in [1.165, 1.54) is 30.5 Å². The second kappa shape index (κ2) is 8.98. The van der Waals surface area contributed by atoms with E-state index >= 15 is 0 Å². The van der Waals surface area contributed by atoms with Crippen LogP contribution in [-0.2, 0) is 12.8 Å². The standard InChI is InChI=1S/C22H33N5/c1-2-3-4-5-11-25-12-9-19-18-23-22(24-21(19)10-13-25)27-16-14-26(15-17-27)20-7-6-8-20/h2-4,18,20H,1,5-17H2/b4-3+. The van der Waals surface area contributed by atoms with Crippen molar-refractivity contribution in [3.8, 4) is 0 Å². The minimum absolute atomic E-state index is 0.854. The molecule has 3 aliphatic rings. The zero-order chi connectivity index (χ0) is 18.5. The lowest BCUT2D eigenvalue weighted by molar-refractivity contribution is 0.120. The van der Waals surface area contributed by atoms with Gasteiger partial charge in [0, 0.05) is 64.5 Å². The van der Waals surface area contributed by atoms with Gasteiger partial charge in [-0.2, -0.15) is 0 Å². The molecule has 146 valence electrons. The quantitative estimate of drug-likeness (QED) is 0.723. The van der Waals surface area contributed by atoms with Gasteiger partial charge in [-0.05, 0) is 31.2 Å². The molecule has 0 radical (unpaired) electrons. The first-order valence-corrected chi connectivity index (χ1v) is 10.7. The van der Waals surface area contributed by atoms with Crippen LogP contribution in [0.15, 0.2) is 31.0 Å². The van der Waals surface area contributed by atoms with Gasteiger partial charge in [-0.15, -0.1) is 0 Å². The lowest BCUT2D eigenvalue weighted by Gasteiger charge is -2.43. The summed E-state index contributed by atoms with van der Waals surface area (Å²) in [6, 6.07) is 0.854. The molecule has 2 fully saturated rings. The van der Waals surface area contributed by atoms with Gasteiger partial charge in [0.05, 0.1) is 5.69 Å². The predicted octanol–water partition coefficient (Wildman–Crippen LogP) is 2.68. The highest BCUT2D eigenvalue weighted by atomic mass is 15.3. The van der Waals surface area contributed by atoms with Crippen molar-refractivity contribution in [1.29, 1.82) is 0 Å². The third-order valence-electron chi connectivity index (χ3n) is 6.38. The monoisotopic (exact) mass is 367 g/mol. The summed E-state index contributed by atoms with van der Waals surface area (Å²) in [5.74, 6) is 0.948. The van der Waals surface area contributed by atoms with E-state index in [1.54, 1.807) is 0 Å². The minimum Gasteiger partial charge on any atom is -0.338 e. The summed E-state index contributed by atoms with van der Waals surface area (Å²) in [4.78, 5) is 17.3. The molecule has 0 aromatic carbocycles. The van der Waals surface area contributed by atoms with Gasteiger partial charge in [0.25, 0.3) is 0 Å². The Morgan fingerprint density at radius 1 is 1.07 bits per heavy atom. The van der Waals surface area contributed by atoms with E-state index in [4.69, 9.17) is 9.97 Å². The third-order valence-corrected chi connectivity index (χ3v) is 6.38. The number of nitrogens with zero attached hydrogens (tertiary/aromatic N) is 5. The Hall–Kier alpha value is -1.72. The lowest BCUT2D eigenvalue weighted by atomic mass is 9.91. The second-order valence-corrected chi connectivity index (χ2v) is 8.04. The Morgan fingerprint density at radius 2 is 1.89 bits per heavy atom. The highest BCUT2D eigenvalue weighted by Gasteiger charge is 2.28. The van der Waals surface area contributed by atoms with E-state index in [-0.39, 0.29) is 0 Å². The van der Waals surface area contributed by atoms with Gasteiger partial charge in [-0.3, -0.25) is 4.90 Å². The first kappa shape index (κ1) is 18.6. The molecule has 5 nitrogen and oxygen atoms in total. The number of hydrogen-bond acceptors (Lipinski definition) is 5. The van der Waals surface area contributed by atoms with Crippen LogP contribution in [0.2, 0.25) is 0 Å². The fourth-order valence-corrected chi connectivity index (χ4v) is 4.38. The van der Waals surface area contributed by atoms with Crippen LogP contribution in [0.5, 0.6) is 0 Å².